The van der Waals surface area contributed by atoms with Crippen molar-refractivity contribution in [1.29, 1.82) is 0 Å². The van der Waals surface area contributed by atoms with Crippen LogP contribution in [0.15, 0.2) is 53.2 Å². The third-order valence-electron chi connectivity index (χ3n) is 4.32. The summed E-state index contributed by atoms with van der Waals surface area (Å²) in [7, 11) is 1.96. The summed E-state index contributed by atoms with van der Waals surface area (Å²) < 4.78 is 24.1. The lowest BCUT2D eigenvalue weighted by Gasteiger charge is -2.06. The summed E-state index contributed by atoms with van der Waals surface area (Å²) in [5, 5.41) is 2.01. The average molecular weight is 305 g/mol. The molecule has 3 nitrogen and oxygen atoms in total. The molecule has 23 heavy (non-hydrogen) atoms. The molecule has 0 fully saturated rings. The van der Waals surface area contributed by atoms with E-state index in [1.165, 1.54) is 0 Å². The smallest absolute Gasteiger partial charge is 0.227 e. The minimum atomic E-state index is -1.40. The zero-order valence-electron chi connectivity index (χ0n) is 15.4. The van der Waals surface area contributed by atoms with E-state index in [9.17, 15) is 0 Å². The second-order valence-corrected chi connectivity index (χ2v) is 5.75. The fraction of sp³-hybridized carbons (Fsp3) is 0.200. The highest BCUT2D eigenvalue weighted by Gasteiger charge is 2.20. The summed E-state index contributed by atoms with van der Waals surface area (Å²) in [6.45, 7) is 3.62. The first kappa shape index (κ1) is 11.8. The van der Waals surface area contributed by atoms with E-state index in [0.717, 1.165) is 33.2 Å². The van der Waals surface area contributed by atoms with E-state index in [-0.39, 0.29) is 0 Å². The topological polar surface area (TPSA) is 29.9 Å². The third-order valence-corrected chi connectivity index (χ3v) is 4.32. The van der Waals surface area contributed by atoms with Crippen LogP contribution in [0.3, 0.4) is 0 Å². The molecule has 4 rings (SSSR count). The van der Waals surface area contributed by atoms with Crippen molar-refractivity contribution in [3.8, 4) is 11.3 Å². The molecule has 0 aliphatic carbocycles. The van der Waals surface area contributed by atoms with Gasteiger partial charge in [0.2, 0.25) is 11.4 Å². The summed E-state index contributed by atoms with van der Waals surface area (Å²) >= 11 is 0. The minimum absolute atomic E-state index is 0.619. The Morgan fingerprint density at radius 3 is 2.91 bits per heavy atom. The van der Waals surface area contributed by atoms with Gasteiger partial charge in [0.25, 0.3) is 0 Å². The molecule has 0 saturated heterocycles. The molecule has 3 heteroatoms. The molecule has 0 unspecified atom stereocenters. The predicted molar refractivity (Wildman–Crippen MR) is 92.2 cm³/mol. The van der Waals surface area contributed by atoms with Crippen LogP contribution in [0.4, 0.5) is 0 Å². The molecule has 0 aliphatic heterocycles. The summed E-state index contributed by atoms with van der Waals surface area (Å²) in [4.78, 5) is 4.33. The van der Waals surface area contributed by atoms with Gasteiger partial charge in [0.15, 0.2) is 11.8 Å². The summed E-state index contributed by atoms with van der Waals surface area (Å²) in [5.74, 6) is 0. The lowest BCUT2D eigenvalue weighted by molar-refractivity contribution is -0.660. The molecule has 0 radical (unpaired) electrons. The van der Waals surface area contributed by atoms with Crippen LogP contribution >= 0.6 is 0 Å². The van der Waals surface area contributed by atoms with Crippen LogP contribution in [0.25, 0.3) is 33.3 Å². The lowest BCUT2D eigenvalue weighted by atomic mass is 9.99. The second-order valence-electron chi connectivity index (χ2n) is 5.75. The normalized spacial score (nSPS) is 13.3. The number of aromatic nitrogens is 2. The fourth-order valence-electron chi connectivity index (χ4n) is 3.06. The van der Waals surface area contributed by atoms with Crippen LogP contribution < -0.4 is 4.57 Å². The van der Waals surface area contributed by atoms with Crippen molar-refractivity contribution in [2.24, 2.45) is 7.05 Å². The maximum atomic E-state index is 8.03. The Balaban J connectivity index is 2.09. The first-order chi connectivity index (χ1) is 11.9. The number of aryl methyl sites for hydroxylation is 3. The van der Waals surface area contributed by atoms with Crippen molar-refractivity contribution in [2.75, 3.05) is 0 Å². The van der Waals surface area contributed by atoms with Gasteiger partial charge >= 0.3 is 0 Å². The number of fused-ring (bicyclic) bond motifs is 3. The fourth-order valence-corrected chi connectivity index (χ4v) is 3.06. The van der Waals surface area contributed by atoms with Gasteiger partial charge in [0, 0.05) is 31.8 Å². The molecule has 0 N–H and O–H groups in total. The standard InChI is InChI=1S/C20H19N2O/c1-4-14-9-11-22(3)17(12-14)18-13(2)7-8-15-16-6-5-10-21-20(16)23-19(15)18/h5-12H,4H2,1-3H3/q+1/i4D2. The first-order valence-corrected chi connectivity index (χ1v) is 7.63. The van der Waals surface area contributed by atoms with Crippen LogP contribution in [0.1, 0.15) is 20.8 Å². The molecule has 114 valence electrons. The molecule has 0 amide bonds. The van der Waals surface area contributed by atoms with Crippen LogP contribution in [0.2, 0.25) is 0 Å². The van der Waals surface area contributed by atoms with Gasteiger partial charge in [-0.05, 0) is 36.6 Å². The SMILES string of the molecule is [2H]C([2H])(C)c1cc[n+](C)c(-c2c(C)ccc3c2oc2ncccc23)c1. The van der Waals surface area contributed by atoms with Crippen molar-refractivity contribution in [2.45, 2.75) is 20.2 Å². The van der Waals surface area contributed by atoms with Crippen LogP contribution in [-0.2, 0) is 13.4 Å². The Bertz CT molecular complexity index is 1110. The zero-order valence-corrected chi connectivity index (χ0v) is 13.4. The Hall–Kier alpha value is -2.68. The third kappa shape index (κ3) is 2.12. The zero-order chi connectivity index (χ0) is 17.8. The number of benzene rings is 1. The van der Waals surface area contributed by atoms with Gasteiger partial charge < -0.3 is 4.42 Å². The summed E-state index contributed by atoms with van der Waals surface area (Å²) in [6, 6.07) is 11.8. The molecular formula is C20H19N2O+. The number of hydrogen-bond acceptors (Lipinski definition) is 2. The highest BCUT2D eigenvalue weighted by atomic mass is 16.3. The average Bonchev–Trinajstić information content (AvgIpc) is 2.93. The molecule has 0 spiro atoms. The Kier molecular flexibility index (Phi) is 2.67. The molecule has 0 bridgehead atoms. The minimum Gasteiger partial charge on any atom is -0.437 e. The van der Waals surface area contributed by atoms with Gasteiger partial charge in [-0.1, -0.05) is 19.1 Å². The highest BCUT2D eigenvalue weighted by Crippen LogP contribution is 2.36. The lowest BCUT2D eigenvalue weighted by Crippen LogP contribution is -2.30. The maximum Gasteiger partial charge on any atom is 0.227 e. The van der Waals surface area contributed by atoms with Crippen molar-refractivity contribution in [1.82, 2.24) is 4.98 Å². The predicted octanol–water partition coefficient (Wildman–Crippen LogP) is 4.34. The van der Waals surface area contributed by atoms with Gasteiger partial charge in [-0.15, -0.1) is 0 Å². The largest absolute Gasteiger partial charge is 0.437 e. The van der Waals surface area contributed by atoms with Gasteiger partial charge in [0.05, 0.1) is 5.56 Å². The van der Waals surface area contributed by atoms with E-state index in [1.54, 1.807) is 13.1 Å². The van der Waals surface area contributed by atoms with Crippen molar-refractivity contribution in [3.05, 3.63) is 59.9 Å². The molecular weight excluding hydrogens is 284 g/mol. The molecule has 0 aliphatic rings. The van der Waals surface area contributed by atoms with E-state index in [4.69, 9.17) is 7.16 Å². The Morgan fingerprint density at radius 2 is 2.09 bits per heavy atom. The van der Waals surface area contributed by atoms with Gasteiger partial charge in [-0.3, -0.25) is 0 Å². The number of hydrogen-bond donors (Lipinski definition) is 0. The molecule has 3 aromatic heterocycles. The highest BCUT2D eigenvalue weighted by molar-refractivity contribution is 6.08. The van der Waals surface area contributed by atoms with Crippen molar-refractivity contribution >= 4 is 22.1 Å². The van der Waals surface area contributed by atoms with E-state index < -0.39 is 6.37 Å². The monoisotopic (exact) mass is 305 g/mol. The van der Waals surface area contributed by atoms with E-state index in [1.807, 2.05) is 49.0 Å². The summed E-state index contributed by atoms with van der Waals surface area (Å²) in [6.07, 6.45) is 2.22. The Labute approximate surface area is 138 Å². The van der Waals surface area contributed by atoms with E-state index >= 15 is 0 Å². The first-order valence-electron chi connectivity index (χ1n) is 8.63. The van der Waals surface area contributed by atoms with Gasteiger partial charge in [-0.25, -0.2) is 9.55 Å². The van der Waals surface area contributed by atoms with Crippen molar-refractivity contribution < 1.29 is 11.7 Å². The van der Waals surface area contributed by atoms with Crippen molar-refractivity contribution in [3.63, 3.8) is 0 Å². The Morgan fingerprint density at radius 1 is 1.22 bits per heavy atom. The van der Waals surface area contributed by atoms with Gasteiger partial charge in [-0.2, -0.15) is 0 Å². The molecule has 1 aromatic carbocycles. The van der Waals surface area contributed by atoms with E-state index in [2.05, 4.69) is 17.1 Å². The maximum absolute atomic E-state index is 8.03. The molecule has 3 heterocycles. The number of rotatable bonds is 2. The van der Waals surface area contributed by atoms with Crippen LogP contribution in [-0.4, -0.2) is 4.98 Å². The molecule has 4 aromatic rings. The van der Waals surface area contributed by atoms with Gasteiger partial charge in [0.1, 0.15) is 7.05 Å². The quantitative estimate of drug-likeness (QED) is 0.516. The second kappa shape index (κ2) is 5.20. The molecule has 0 saturated carbocycles. The molecule has 0 atom stereocenters. The van der Waals surface area contributed by atoms with Crippen LogP contribution in [0, 0.1) is 6.92 Å². The summed E-state index contributed by atoms with van der Waals surface area (Å²) in [5.41, 5.74) is 5.03. The van der Waals surface area contributed by atoms with Crippen LogP contribution in [0.5, 0.6) is 0 Å². The number of nitrogens with zero attached hydrogens (tertiary/aromatic N) is 2. The van der Waals surface area contributed by atoms with E-state index in [0.29, 0.717) is 11.3 Å². The number of furan rings is 1. The number of pyridine rings is 2.